The molecule has 202 valence electrons. The van der Waals surface area contributed by atoms with Crippen LogP contribution in [0.1, 0.15) is 63.8 Å². The molecule has 0 spiro atoms. The summed E-state index contributed by atoms with van der Waals surface area (Å²) in [6.07, 6.45) is 0.739. The molecule has 40 heavy (non-hydrogen) atoms. The van der Waals surface area contributed by atoms with Gasteiger partial charge >= 0.3 is 0 Å². The van der Waals surface area contributed by atoms with Crippen LogP contribution in [0.25, 0.3) is 34.2 Å². The van der Waals surface area contributed by atoms with Crippen molar-refractivity contribution >= 4 is 0 Å². The lowest BCUT2D eigenvalue weighted by molar-refractivity contribution is 0.476. The van der Waals surface area contributed by atoms with Crippen LogP contribution in [-0.2, 0) is 17.3 Å². The standard InChI is InChI=1S/C36H37N3O/c1-35(2,3)28-17-13-26(14-18-28)32-37-33(27-15-19-29(20-16-27)36(4,5)6)39-34(38-32)30-21-12-25(23-31(30)40)22-24-10-8-7-9-11-24/h7-21,23,40H,22H2,1-6H3. The van der Waals surface area contributed by atoms with Crippen molar-refractivity contribution in [3.63, 3.8) is 0 Å². The van der Waals surface area contributed by atoms with Gasteiger partial charge < -0.3 is 5.11 Å². The van der Waals surface area contributed by atoms with Gasteiger partial charge in [0.15, 0.2) is 17.5 Å². The molecule has 0 saturated heterocycles. The van der Waals surface area contributed by atoms with Crippen LogP contribution in [0.2, 0.25) is 0 Å². The van der Waals surface area contributed by atoms with E-state index in [9.17, 15) is 5.11 Å². The van der Waals surface area contributed by atoms with Crippen molar-refractivity contribution in [2.24, 2.45) is 0 Å². The van der Waals surface area contributed by atoms with E-state index in [1.54, 1.807) is 0 Å². The van der Waals surface area contributed by atoms with Gasteiger partial charge in [0.2, 0.25) is 0 Å². The Kier molecular flexibility index (Phi) is 7.29. The molecule has 4 heteroatoms. The third-order valence-electron chi connectivity index (χ3n) is 7.21. The van der Waals surface area contributed by atoms with E-state index >= 15 is 0 Å². The minimum absolute atomic E-state index is 0.0516. The van der Waals surface area contributed by atoms with E-state index in [1.165, 1.54) is 16.7 Å². The quantitative estimate of drug-likeness (QED) is 0.248. The second-order valence-corrected chi connectivity index (χ2v) is 12.5. The Morgan fingerprint density at radius 2 is 1.00 bits per heavy atom. The summed E-state index contributed by atoms with van der Waals surface area (Å²) in [6.45, 7) is 13.2. The molecule has 0 aliphatic rings. The highest BCUT2D eigenvalue weighted by Gasteiger charge is 2.18. The minimum atomic E-state index is 0.0516. The first-order valence-corrected chi connectivity index (χ1v) is 13.8. The second-order valence-electron chi connectivity index (χ2n) is 12.5. The average molecular weight is 528 g/mol. The molecule has 0 unspecified atom stereocenters. The van der Waals surface area contributed by atoms with Crippen molar-refractivity contribution in [3.05, 3.63) is 119 Å². The van der Waals surface area contributed by atoms with Crippen LogP contribution >= 0.6 is 0 Å². The van der Waals surface area contributed by atoms with E-state index in [-0.39, 0.29) is 16.6 Å². The fourth-order valence-corrected chi connectivity index (χ4v) is 4.70. The maximum absolute atomic E-state index is 11.1. The van der Waals surface area contributed by atoms with Crippen molar-refractivity contribution in [1.29, 1.82) is 0 Å². The zero-order chi connectivity index (χ0) is 28.5. The van der Waals surface area contributed by atoms with Crippen LogP contribution in [0.3, 0.4) is 0 Å². The Bertz CT molecular complexity index is 1530. The summed E-state index contributed by atoms with van der Waals surface area (Å²) in [5.74, 6) is 1.76. The monoisotopic (exact) mass is 527 g/mol. The van der Waals surface area contributed by atoms with Gasteiger partial charge in [-0.3, -0.25) is 0 Å². The van der Waals surface area contributed by atoms with Crippen LogP contribution in [0.4, 0.5) is 0 Å². The topological polar surface area (TPSA) is 58.9 Å². The maximum Gasteiger partial charge on any atom is 0.167 e. The van der Waals surface area contributed by atoms with Gasteiger partial charge in [-0.2, -0.15) is 0 Å². The fraction of sp³-hybridized carbons (Fsp3) is 0.250. The highest BCUT2D eigenvalue weighted by molar-refractivity contribution is 5.70. The molecule has 5 aromatic rings. The Hall–Kier alpha value is -4.31. The molecule has 4 nitrogen and oxygen atoms in total. The van der Waals surface area contributed by atoms with Gasteiger partial charge in [-0.1, -0.05) is 126 Å². The van der Waals surface area contributed by atoms with Crippen LogP contribution in [0.15, 0.2) is 97.1 Å². The van der Waals surface area contributed by atoms with E-state index < -0.39 is 0 Å². The minimum Gasteiger partial charge on any atom is -0.507 e. The summed E-state index contributed by atoms with van der Waals surface area (Å²) in [5.41, 5.74) is 7.21. The van der Waals surface area contributed by atoms with Crippen molar-refractivity contribution in [3.8, 4) is 39.9 Å². The molecule has 0 amide bonds. The summed E-state index contributed by atoms with van der Waals surface area (Å²) in [6, 6.07) is 32.8. The molecular weight excluding hydrogens is 490 g/mol. The number of nitrogens with zero attached hydrogens (tertiary/aromatic N) is 3. The van der Waals surface area contributed by atoms with Crippen LogP contribution in [0.5, 0.6) is 5.75 Å². The maximum atomic E-state index is 11.1. The number of hydrogen-bond donors (Lipinski definition) is 1. The summed E-state index contributed by atoms with van der Waals surface area (Å²) in [4.78, 5) is 14.6. The number of phenols is 1. The van der Waals surface area contributed by atoms with Crippen molar-refractivity contribution in [1.82, 2.24) is 15.0 Å². The lowest BCUT2D eigenvalue weighted by atomic mass is 9.86. The first kappa shape index (κ1) is 27.3. The number of phenolic OH excluding ortho intramolecular Hbond substituents is 1. The third-order valence-corrected chi connectivity index (χ3v) is 7.21. The van der Waals surface area contributed by atoms with Crippen LogP contribution < -0.4 is 0 Å². The van der Waals surface area contributed by atoms with Crippen molar-refractivity contribution < 1.29 is 5.11 Å². The van der Waals surface area contributed by atoms with Crippen molar-refractivity contribution in [2.75, 3.05) is 0 Å². The zero-order valence-corrected chi connectivity index (χ0v) is 24.2. The van der Waals surface area contributed by atoms with E-state index in [2.05, 4.69) is 102 Å². The average Bonchev–Trinajstić information content (AvgIpc) is 2.93. The van der Waals surface area contributed by atoms with Gasteiger partial charge in [0.1, 0.15) is 5.75 Å². The lowest BCUT2D eigenvalue weighted by Crippen LogP contribution is -2.10. The summed E-state index contributed by atoms with van der Waals surface area (Å²) >= 11 is 0. The van der Waals surface area contributed by atoms with Crippen LogP contribution in [0, 0.1) is 0 Å². The van der Waals surface area contributed by atoms with Gasteiger partial charge in [-0.05, 0) is 51.6 Å². The number of aromatic hydroxyl groups is 1. The Labute approximate surface area is 237 Å². The number of rotatable bonds is 5. The molecule has 0 atom stereocenters. The Morgan fingerprint density at radius 3 is 1.45 bits per heavy atom. The van der Waals surface area contributed by atoms with Gasteiger partial charge in [0.05, 0.1) is 5.56 Å². The van der Waals surface area contributed by atoms with Crippen molar-refractivity contribution in [2.45, 2.75) is 58.8 Å². The molecule has 0 bridgehead atoms. The number of hydrogen-bond acceptors (Lipinski definition) is 4. The summed E-state index contributed by atoms with van der Waals surface area (Å²) in [5, 5.41) is 11.1. The van der Waals surface area contributed by atoms with Crippen LogP contribution in [-0.4, -0.2) is 20.1 Å². The molecule has 0 saturated carbocycles. The van der Waals surface area contributed by atoms with Gasteiger partial charge in [0, 0.05) is 11.1 Å². The highest BCUT2D eigenvalue weighted by Crippen LogP contribution is 2.33. The predicted octanol–water partition coefficient (Wildman–Crippen LogP) is 8.76. The number of aromatic nitrogens is 3. The molecule has 1 heterocycles. The fourth-order valence-electron chi connectivity index (χ4n) is 4.70. The number of benzene rings is 4. The molecule has 0 aliphatic heterocycles. The van der Waals surface area contributed by atoms with E-state index in [4.69, 9.17) is 15.0 Å². The summed E-state index contributed by atoms with van der Waals surface area (Å²) in [7, 11) is 0. The normalized spacial score (nSPS) is 11.9. The predicted molar refractivity (Wildman–Crippen MR) is 164 cm³/mol. The molecule has 1 aromatic heterocycles. The Balaban J connectivity index is 1.58. The van der Waals surface area contributed by atoms with E-state index in [1.807, 2.05) is 36.4 Å². The molecular formula is C36H37N3O. The SMILES string of the molecule is CC(C)(C)c1ccc(-c2nc(-c3ccc(C(C)(C)C)cc3)nc(-c3ccc(Cc4ccccc4)cc3O)n2)cc1. The summed E-state index contributed by atoms with van der Waals surface area (Å²) < 4.78 is 0. The Morgan fingerprint density at radius 1 is 0.525 bits per heavy atom. The smallest absolute Gasteiger partial charge is 0.167 e. The van der Waals surface area contributed by atoms with Gasteiger partial charge in [-0.25, -0.2) is 15.0 Å². The van der Waals surface area contributed by atoms with E-state index in [0.717, 1.165) is 23.1 Å². The highest BCUT2D eigenvalue weighted by atomic mass is 16.3. The molecule has 1 N–H and O–H groups in total. The van der Waals surface area contributed by atoms with E-state index in [0.29, 0.717) is 23.0 Å². The largest absolute Gasteiger partial charge is 0.507 e. The first-order valence-electron chi connectivity index (χ1n) is 13.8. The molecule has 0 aliphatic carbocycles. The molecule has 0 fully saturated rings. The van der Waals surface area contributed by atoms with Gasteiger partial charge in [0.25, 0.3) is 0 Å². The second kappa shape index (κ2) is 10.7. The third kappa shape index (κ3) is 6.12. The molecule has 0 radical (unpaired) electrons. The molecule has 5 rings (SSSR count). The zero-order valence-electron chi connectivity index (χ0n) is 24.2. The molecule has 4 aromatic carbocycles. The first-order chi connectivity index (χ1) is 19.0. The lowest BCUT2D eigenvalue weighted by Gasteiger charge is -2.19. The van der Waals surface area contributed by atoms with Gasteiger partial charge in [-0.15, -0.1) is 0 Å².